The number of benzene rings is 1. The fraction of sp³-hybridized carbons (Fsp3) is 0.462. The van der Waals surface area contributed by atoms with Gasteiger partial charge in [0.15, 0.2) is 0 Å². The van der Waals surface area contributed by atoms with Crippen LogP contribution in [0.15, 0.2) is 12.1 Å². The van der Waals surface area contributed by atoms with Gasteiger partial charge in [-0.1, -0.05) is 18.5 Å². The summed E-state index contributed by atoms with van der Waals surface area (Å²) in [6, 6.07) is 2.65. The van der Waals surface area contributed by atoms with Gasteiger partial charge in [-0.05, 0) is 30.9 Å². The summed E-state index contributed by atoms with van der Waals surface area (Å²) >= 11 is 6.00. The van der Waals surface area contributed by atoms with Crippen LogP contribution >= 0.6 is 11.6 Å². The number of carbonyl (C=O) groups is 1. The van der Waals surface area contributed by atoms with Gasteiger partial charge in [-0.15, -0.1) is 0 Å². The second-order valence-corrected chi connectivity index (χ2v) is 4.83. The summed E-state index contributed by atoms with van der Waals surface area (Å²) in [5.74, 6) is 0.0465. The predicted octanol–water partition coefficient (Wildman–Crippen LogP) is 3.71. The molecular formula is C13H14ClFO2. The van der Waals surface area contributed by atoms with Crippen LogP contribution in [-0.2, 0) is 4.79 Å². The van der Waals surface area contributed by atoms with Crippen molar-refractivity contribution in [3.63, 3.8) is 0 Å². The van der Waals surface area contributed by atoms with E-state index in [1.165, 1.54) is 12.1 Å². The van der Waals surface area contributed by atoms with Gasteiger partial charge in [-0.3, -0.25) is 0 Å². The Morgan fingerprint density at radius 2 is 2.29 bits per heavy atom. The summed E-state index contributed by atoms with van der Waals surface area (Å²) < 4.78 is 19.0. The van der Waals surface area contributed by atoms with Crippen molar-refractivity contribution >= 4 is 17.9 Å². The van der Waals surface area contributed by atoms with E-state index in [1.54, 1.807) is 0 Å². The summed E-state index contributed by atoms with van der Waals surface area (Å²) in [6.07, 6.45) is 3.37. The molecule has 0 radical (unpaired) electrons. The summed E-state index contributed by atoms with van der Waals surface area (Å²) in [4.78, 5) is 10.5. The Balaban J connectivity index is 2.34. The van der Waals surface area contributed by atoms with Crippen molar-refractivity contribution in [3.05, 3.63) is 28.5 Å². The quantitative estimate of drug-likeness (QED) is 0.751. The van der Waals surface area contributed by atoms with Crippen LogP contribution in [0, 0.1) is 5.82 Å². The first kappa shape index (κ1) is 12.4. The normalized spacial score (nSPS) is 16.6. The fourth-order valence-corrected chi connectivity index (χ4v) is 1.95. The molecule has 1 aliphatic rings. The van der Waals surface area contributed by atoms with Gasteiger partial charge in [0.05, 0.1) is 11.1 Å². The van der Waals surface area contributed by atoms with Crippen molar-refractivity contribution in [1.29, 1.82) is 0 Å². The standard InChI is InChI=1S/C13H14ClFO2/c1-8(4-5-16)11-6-9(15)7-12(14)13(11)17-10-2-3-10/h5-8,10H,2-4H2,1H3. The second kappa shape index (κ2) is 5.05. The molecule has 4 heteroatoms. The number of rotatable bonds is 5. The zero-order chi connectivity index (χ0) is 12.4. The topological polar surface area (TPSA) is 26.3 Å². The van der Waals surface area contributed by atoms with Crippen molar-refractivity contribution in [2.24, 2.45) is 0 Å². The second-order valence-electron chi connectivity index (χ2n) is 4.43. The molecule has 0 spiro atoms. The van der Waals surface area contributed by atoms with Gasteiger partial charge in [0.2, 0.25) is 0 Å². The van der Waals surface area contributed by atoms with Crippen LogP contribution in [0.1, 0.15) is 37.7 Å². The molecule has 1 aliphatic carbocycles. The number of hydrogen-bond donors (Lipinski definition) is 0. The van der Waals surface area contributed by atoms with E-state index in [-0.39, 0.29) is 17.0 Å². The minimum Gasteiger partial charge on any atom is -0.489 e. The van der Waals surface area contributed by atoms with E-state index in [4.69, 9.17) is 16.3 Å². The fourth-order valence-electron chi connectivity index (χ4n) is 1.69. The van der Waals surface area contributed by atoms with E-state index < -0.39 is 5.82 Å². The Hall–Kier alpha value is -1.09. The maximum absolute atomic E-state index is 13.3. The first-order valence-electron chi connectivity index (χ1n) is 5.71. The summed E-state index contributed by atoms with van der Waals surface area (Å²) in [7, 11) is 0. The molecule has 2 nitrogen and oxygen atoms in total. The van der Waals surface area contributed by atoms with Gasteiger partial charge >= 0.3 is 0 Å². The highest BCUT2D eigenvalue weighted by atomic mass is 35.5. The predicted molar refractivity (Wildman–Crippen MR) is 64.2 cm³/mol. The van der Waals surface area contributed by atoms with Crippen LogP contribution in [0.25, 0.3) is 0 Å². The Labute approximate surface area is 105 Å². The number of ether oxygens (including phenoxy) is 1. The van der Waals surface area contributed by atoms with Crippen LogP contribution < -0.4 is 4.74 Å². The molecule has 1 aromatic rings. The summed E-state index contributed by atoms with van der Waals surface area (Å²) in [5, 5.41) is 0.282. The van der Waals surface area contributed by atoms with Crippen LogP contribution in [0.5, 0.6) is 5.75 Å². The third-order valence-electron chi connectivity index (χ3n) is 2.83. The summed E-state index contributed by atoms with van der Waals surface area (Å²) in [5.41, 5.74) is 0.675. The number of hydrogen-bond acceptors (Lipinski definition) is 2. The lowest BCUT2D eigenvalue weighted by Crippen LogP contribution is -2.04. The SMILES string of the molecule is CC(CC=O)c1cc(F)cc(Cl)c1OC1CC1. The molecule has 0 heterocycles. The zero-order valence-electron chi connectivity index (χ0n) is 9.58. The van der Waals surface area contributed by atoms with E-state index in [0.717, 1.165) is 19.1 Å². The molecule has 17 heavy (non-hydrogen) atoms. The van der Waals surface area contributed by atoms with E-state index in [9.17, 15) is 9.18 Å². The highest BCUT2D eigenvalue weighted by Crippen LogP contribution is 2.39. The minimum absolute atomic E-state index is 0.0885. The van der Waals surface area contributed by atoms with Crippen molar-refractivity contribution in [2.45, 2.75) is 38.2 Å². The lowest BCUT2D eigenvalue weighted by molar-refractivity contribution is -0.108. The third-order valence-corrected chi connectivity index (χ3v) is 3.11. The van der Waals surface area contributed by atoms with Crippen LogP contribution in [0.4, 0.5) is 4.39 Å². The summed E-state index contributed by atoms with van der Waals surface area (Å²) in [6.45, 7) is 1.86. The zero-order valence-corrected chi connectivity index (χ0v) is 10.3. The Morgan fingerprint density at radius 3 is 2.88 bits per heavy atom. The van der Waals surface area contributed by atoms with E-state index in [0.29, 0.717) is 17.7 Å². The van der Waals surface area contributed by atoms with E-state index in [1.807, 2.05) is 6.92 Å². The molecule has 1 aromatic carbocycles. The smallest absolute Gasteiger partial charge is 0.141 e. The van der Waals surface area contributed by atoms with Crippen molar-refractivity contribution in [3.8, 4) is 5.75 Å². The van der Waals surface area contributed by atoms with Crippen LogP contribution in [0.3, 0.4) is 0 Å². The van der Waals surface area contributed by atoms with Gasteiger partial charge in [0, 0.05) is 12.0 Å². The van der Waals surface area contributed by atoms with Gasteiger partial charge in [-0.25, -0.2) is 4.39 Å². The average molecular weight is 257 g/mol. The van der Waals surface area contributed by atoms with Crippen molar-refractivity contribution < 1.29 is 13.9 Å². The molecule has 1 saturated carbocycles. The molecular weight excluding hydrogens is 243 g/mol. The van der Waals surface area contributed by atoms with Gasteiger partial charge in [-0.2, -0.15) is 0 Å². The lowest BCUT2D eigenvalue weighted by atomic mass is 9.97. The molecule has 0 aromatic heterocycles. The van der Waals surface area contributed by atoms with Crippen molar-refractivity contribution in [1.82, 2.24) is 0 Å². The number of aldehydes is 1. The molecule has 1 fully saturated rings. The monoisotopic (exact) mass is 256 g/mol. The van der Waals surface area contributed by atoms with Gasteiger partial charge in [0.1, 0.15) is 17.9 Å². The molecule has 0 saturated heterocycles. The Kier molecular flexibility index (Phi) is 3.67. The van der Waals surface area contributed by atoms with Crippen LogP contribution in [0.2, 0.25) is 5.02 Å². The van der Waals surface area contributed by atoms with E-state index in [2.05, 4.69) is 0 Å². The Morgan fingerprint density at radius 1 is 1.59 bits per heavy atom. The molecule has 1 unspecified atom stereocenters. The first-order chi connectivity index (χ1) is 8.11. The maximum atomic E-state index is 13.3. The lowest BCUT2D eigenvalue weighted by Gasteiger charge is -2.16. The third kappa shape index (κ3) is 2.97. The van der Waals surface area contributed by atoms with Gasteiger partial charge < -0.3 is 9.53 Å². The molecule has 0 amide bonds. The highest BCUT2D eigenvalue weighted by molar-refractivity contribution is 6.32. The minimum atomic E-state index is -0.397. The molecule has 1 atom stereocenters. The Bertz CT molecular complexity index is 430. The molecule has 0 bridgehead atoms. The van der Waals surface area contributed by atoms with Crippen LogP contribution in [-0.4, -0.2) is 12.4 Å². The molecule has 0 N–H and O–H groups in total. The molecule has 92 valence electrons. The number of halogens is 2. The van der Waals surface area contributed by atoms with E-state index >= 15 is 0 Å². The van der Waals surface area contributed by atoms with Gasteiger partial charge in [0.25, 0.3) is 0 Å². The molecule has 0 aliphatic heterocycles. The highest BCUT2D eigenvalue weighted by Gasteiger charge is 2.27. The number of carbonyl (C=O) groups excluding carboxylic acids is 1. The maximum Gasteiger partial charge on any atom is 0.141 e. The van der Waals surface area contributed by atoms with Crippen molar-refractivity contribution in [2.75, 3.05) is 0 Å². The molecule has 2 rings (SSSR count). The largest absolute Gasteiger partial charge is 0.489 e. The average Bonchev–Trinajstić information content (AvgIpc) is 3.05. The first-order valence-corrected chi connectivity index (χ1v) is 6.09.